The van der Waals surface area contributed by atoms with Gasteiger partial charge in [-0.3, -0.25) is 4.79 Å². The molecule has 1 amide bonds. The standard InChI is InChI=1S/C10H19N3O/c1-3-13(2)10(14)9-12-8-6-4-5-7-11/h12H,3-6,8-9H2,1-2H3. The summed E-state index contributed by atoms with van der Waals surface area (Å²) in [5.74, 6) is 0.118. The Hall–Kier alpha value is -1.08. The molecule has 80 valence electrons. The third-order valence-corrected chi connectivity index (χ3v) is 2.07. The summed E-state index contributed by atoms with van der Waals surface area (Å²) in [6, 6.07) is 2.09. The maximum absolute atomic E-state index is 11.3. The number of carbonyl (C=O) groups excluding carboxylic acids is 1. The summed E-state index contributed by atoms with van der Waals surface area (Å²) in [6.45, 7) is 3.90. The van der Waals surface area contributed by atoms with Crippen LogP contribution >= 0.6 is 0 Å². The molecule has 0 aromatic heterocycles. The van der Waals surface area contributed by atoms with Crippen LogP contribution in [0, 0.1) is 11.3 Å². The minimum absolute atomic E-state index is 0.118. The van der Waals surface area contributed by atoms with E-state index in [0.29, 0.717) is 13.0 Å². The second-order valence-corrected chi connectivity index (χ2v) is 3.20. The number of nitriles is 1. The Morgan fingerprint density at radius 1 is 1.50 bits per heavy atom. The Bertz CT molecular complexity index is 198. The van der Waals surface area contributed by atoms with Crippen LogP contribution in [0.5, 0.6) is 0 Å². The van der Waals surface area contributed by atoms with Gasteiger partial charge in [0.15, 0.2) is 0 Å². The van der Waals surface area contributed by atoms with Gasteiger partial charge in [0.1, 0.15) is 0 Å². The second kappa shape index (κ2) is 8.52. The summed E-state index contributed by atoms with van der Waals surface area (Å²) >= 11 is 0. The molecule has 0 spiro atoms. The van der Waals surface area contributed by atoms with Gasteiger partial charge in [-0.2, -0.15) is 5.26 Å². The van der Waals surface area contributed by atoms with Crippen molar-refractivity contribution < 1.29 is 4.79 Å². The number of likely N-dealkylation sites (N-methyl/N-ethyl adjacent to an activating group) is 1. The highest BCUT2D eigenvalue weighted by Crippen LogP contribution is 1.91. The van der Waals surface area contributed by atoms with Crippen LogP contribution in [0.2, 0.25) is 0 Å². The fraction of sp³-hybridized carbons (Fsp3) is 0.800. The summed E-state index contributed by atoms with van der Waals surface area (Å²) in [5, 5.41) is 11.3. The van der Waals surface area contributed by atoms with Crippen molar-refractivity contribution in [3.63, 3.8) is 0 Å². The molecule has 0 aliphatic rings. The van der Waals surface area contributed by atoms with Crippen LogP contribution in [0.15, 0.2) is 0 Å². The number of hydrogen-bond donors (Lipinski definition) is 1. The summed E-state index contributed by atoms with van der Waals surface area (Å²) in [4.78, 5) is 13.0. The van der Waals surface area contributed by atoms with Crippen molar-refractivity contribution in [1.29, 1.82) is 5.26 Å². The average molecular weight is 197 g/mol. The van der Waals surface area contributed by atoms with E-state index in [2.05, 4.69) is 11.4 Å². The van der Waals surface area contributed by atoms with Crippen molar-refractivity contribution in [1.82, 2.24) is 10.2 Å². The molecule has 0 atom stereocenters. The number of nitrogens with zero attached hydrogens (tertiary/aromatic N) is 2. The molecule has 0 rings (SSSR count). The number of carbonyl (C=O) groups is 1. The second-order valence-electron chi connectivity index (χ2n) is 3.20. The van der Waals surface area contributed by atoms with Crippen molar-refractivity contribution in [3.05, 3.63) is 0 Å². The molecule has 0 saturated carbocycles. The van der Waals surface area contributed by atoms with Gasteiger partial charge in [-0.1, -0.05) is 0 Å². The normalized spacial score (nSPS) is 9.50. The van der Waals surface area contributed by atoms with E-state index in [-0.39, 0.29) is 5.91 Å². The van der Waals surface area contributed by atoms with Gasteiger partial charge in [-0.25, -0.2) is 0 Å². The fourth-order valence-corrected chi connectivity index (χ4v) is 0.961. The third kappa shape index (κ3) is 6.44. The average Bonchev–Trinajstić information content (AvgIpc) is 2.21. The van der Waals surface area contributed by atoms with Gasteiger partial charge in [0, 0.05) is 20.0 Å². The topological polar surface area (TPSA) is 56.1 Å². The zero-order valence-electron chi connectivity index (χ0n) is 9.05. The Morgan fingerprint density at radius 3 is 2.79 bits per heavy atom. The molecule has 0 fully saturated rings. The first kappa shape index (κ1) is 12.9. The third-order valence-electron chi connectivity index (χ3n) is 2.07. The number of unbranched alkanes of at least 4 members (excludes halogenated alkanes) is 2. The summed E-state index contributed by atoms with van der Waals surface area (Å²) in [7, 11) is 1.79. The maximum atomic E-state index is 11.3. The summed E-state index contributed by atoms with van der Waals surface area (Å²) in [5.41, 5.74) is 0. The van der Waals surface area contributed by atoms with E-state index < -0.39 is 0 Å². The molecule has 0 aromatic rings. The lowest BCUT2D eigenvalue weighted by Gasteiger charge is -2.14. The van der Waals surface area contributed by atoms with Crippen molar-refractivity contribution in [2.45, 2.75) is 26.2 Å². The molecule has 0 heterocycles. The van der Waals surface area contributed by atoms with Crippen molar-refractivity contribution >= 4 is 5.91 Å². The monoisotopic (exact) mass is 197 g/mol. The van der Waals surface area contributed by atoms with Crippen LogP contribution in [-0.4, -0.2) is 37.5 Å². The first-order chi connectivity index (χ1) is 6.72. The van der Waals surface area contributed by atoms with E-state index in [9.17, 15) is 4.79 Å². The number of nitrogens with one attached hydrogen (secondary N) is 1. The summed E-state index contributed by atoms with van der Waals surface area (Å²) in [6.07, 6.45) is 2.46. The minimum atomic E-state index is 0.118. The van der Waals surface area contributed by atoms with E-state index >= 15 is 0 Å². The molecule has 14 heavy (non-hydrogen) atoms. The van der Waals surface area contributed by atoms with Gasteiger partial charge in [-0.15, -0.1) is 0 Å². The van der Waals surface area contributed by atoms with Gasteiger partial charge in [0.05, 0.1) is 12.6 Å². The number of hydrogen-bond acceptors (Lipinski definition) is 3. The lowest BCUT2D eigenvalue weighted by molar-refractivity contribution is -0.128. The van der Waals surface area contributed by atoms with Gasteiger partial charge in [0.25, 0.3) is 0 Å². The zero-order chi connectivity index (χ0) is 10.8. The quantitative estimate of drug-likeness (QED) is 0.613. The molecule has 4 nitrogen and oxygen atoms in total. The van der Waals surface area contributed by atoms with Crippen LogP contribution in [-0.2, 0) is 4.79 Å². The predicted octanol–water partition coefficient (Wildman–Crippen LogP) is 0.748. The van der Waals surface area contributed by atoms with E-state index in [4.69, 9.17) is 5.26 Å². The van der Waals surface area contributed by atoms with Gasteiger partial charge in [-0.05, 0) is 26.3 Å². The van der Waals surface area contributed by atoms with Gasteiger partial charge >= 0.3 is 0 Å². The van der Waals surface area contributed by atoms with E-state index in [1.54, 1.807) is 11.9 Å². The van der Waals surface area contributed by atoms with Crippen molar-refractivity contribution in [2.24, 2.45) is 0 Å². The zero-order valence-corrected chi connectivity index (χ0v) is 9.05. The SMILES string of the molecule is CCN(C)C(=O)CNCCCCC#N. The van der Waals surface area contributed by atoms with Crippen molar-refractivity contribution in [2.75, 3.05) is 26.7 Å². The van der Waals surface area contributed by atoms with Crippen LogP contribution in [0.4, 0.5) is 0 Å². The van der Waals surface area contributed by atoms with E-state index in [0.717, 1.165) is 25.9 Å². The Morgan fingerprint density at radius 2 is 2.21 bits per heavy atom. The van der Waals surface area contributed by atoms with Crippen LogP contribution in [0.3, 0.4) is 0 Å². The number of rotatable bonds is 7. The predicted molar refractivity (Wildman–Crippen MR) is 55.6 cm³/mol. The van der Waals surface area contributed by atoms with E-state index in [1.807, 2.05) is 6.92 Å². The molecule has 0 saturated heterocycles. The van der Waals surface area contributed by atoms with Crippen molar-refractivity contribution in [3.8, 4) is 6.07 Å². The summed E-state index contributed by atoms with van der Waals surface area (Å²) < 4.78 is 0. The highest BCUT2D eigenvalue weighted by Gasteiger charge is 2.04. The lowest BCUT2D eigenvalue weighted by Crippen LogP contribution is -2.35. The van der Waals surface area contributed by atoms with Gasteiger partial charge < -0.3 is 10.2 Å². The highest BCUT2D eigenvalue weighted by atomic mass is 16.2. The molecule has 4 heteroatoms. The van der Waals surface area contributed by atoms with Crippen LogP contribution in [0.25, 0.3) is 0 Å². The first-order valence-electron chi connectivity index (χ1n) is 5.04. The Balaban J connectivity index is 3.28. The molecule has 0 aliphatic carbocycles. The largest absolute Gasteiger partial charge is 0.345 e. The smallest absolute Gasteiger partial charge is 0.236 e. The number of amides is 1. The maximum Gasteiger partial charge on any atom is 0.236 e. The lowest BCUT2D eigenvalue weighted by atomic mass is 10.2. The van der Waals surface area contributed by atoms with Gasteiger partial charge in [0.2, 0.25) is 5.91 Å². The Labute approximate surface area is 85.9 Å². The minimum Gasteiger partial charge on any atom is -0.345 e. The molecule has 0 unspecified atom stereocenters. The molecule has 0 bridgehead atoms. The molecule has 1 N–H and O–H groups in total. The molecule has 0 aliphatic heterocycles. The molecular formula is C10H19N3O. The fourth-order valence-electron chi connectivity index (χ4n) is 0.961. The Kier molecular flexibility index (Phi) is 7.86. The first-order valence-corrected chi connectivity index (χ1v) is 5.04. The molecule has 0 aromatic carbocycles. The van der Waals surface area contributed by atoms with Crippen LogP contribution in [0.1, 0.15) is 26.2 Å². The highest BCUT2D eigenvalue weighted by molar-refractivity contribution is 5.77. The molecule has 0 radical (unpaired) electrons. The van der Waals surface area contributed by atoms with E-state index in [1.165, 1.54) is 0 Å². The molecular weight excluding hydrogens is 178 g/mol. The van der Waals surface area contributed by atoms with Crippen LogP contribution < -0.4 is 5.32 Å².